The van der Waals surface area contributed by atoms with E-state index in [9.17, 15) is 25.2 Å². The molecule has 29 heavy (non-hydrogen) atoms. The third kappa shape index (κ3) is 4.84. The van der Waals surface area contributed by atoms with E-state index in [0.717, 1.165) is 0 Å². The number of ether oxygens (including phenoxy) is 3. The molecule has 156 valence electrons. The summed E-state index contributed by atoms with van der Waals surface area (Å²) in [6.07, 6.45) is -7.40. The molecule has 5 N–H and O–H groups in total. The van der Waals surface area contributed by atoms with Crippen molar-refractivity contribution in [1.82, 2.24) is 0 Å². The first kappa shape index (κ1) is 21.0. The Labute approximate surface area is 166 Å². The molecule has 9 heteroatoms. The van der Waals surface area contributed by atoms with Crippen LogP contribution in [0.2, 0.25) is 0 Å². The fourth-order valence-corrected chi connectivity index (χ4v) is 2.85. The Bertz CT molecular complexity index is 826. The van der Waals surface area contributed by atoms with Crippen molar-refractivity contribution in [2.75, 3.05) is 6.61 Å². The van der Waals surface area contributed by atoms with E-state index in [1.165, 1.54) is 18.2 Å². The molecule has 0 saturated carbocycles. The molecule has 0 radical (unpaired) electrons. The summed E-state index contributed by atoms with van der Waals surface area (Å²) < 4.78 is 16.0. The molecule has 0 bridgehead atoms. The molecule has 0 aliphatic carbocycles. The van der Waals surface area contributed by atoms with E-state index < -0.39 is 43.3 Å². The second-order valence-corrected chi connectivity index (χ2v) is 6.56. The predicted octanol–water partition coefficient (Wildman–Crippen LogP) is -0.0721. The molecule has 1 fully saturated rings. The Hall–Kier alpha value is -2.69. The smallest absolute Gasteiger partial charge is 0.338 e. The molecule has 1 heterocycles. The van der Waals surface area contributed by atoms with Crippen LogP contribution in [0.4, 0.5) is 0 Å². The van der Waals surface area contributed by atoms with Crippen LogP contribution in [-0.2, 0) is 16.1 Å². The zero-order valence-electron chi connectivity index (χ0n) is 15.3. The monoisotopic (exact) mass is 406 g/mol. The van der Waals surface area contributed by atoms with Gasteiger partial charge in [0.15, 0.2) is 11.5 Å². The molecule has 2 aromatic rings. The van der Waals surface area contributed by atoms with Gasteiger partial charge in [0.25, 0.3) is 0 Å². The van der Waals surface area contributed by atoms with Gasteiger partial charge in [-0.3, -0.25) is 0 Å². The van der Waals surface area contributed by atoms with Gasteiger partial charge in [0.1, 0.15) is 31.0 Å². The van der Waals surface area contributed by atoms with Gasteiger partial charge < -0.3 is 39.7 Å². The van der Waals surface area contributed by atoms with Crippen molar-refractivity contribution in [3.63, 3.8) is 0 Å². The van der Waals surface area contributed by atoms with Gasteiger partial charge in [0.05, 0.1) is 12.2 Å². The van der Waals surface area contributed by atoms with Gasteiger partial charge in [-0.05, 0) is 29.8 Å². The summed E-state index contributed by atoms with van der Waals surface area (Å²) in [7, 11) is 0. The first-order chi connectivity index (χ1) is 13.9. The number of hydrogen-bond acceptors (Lipinski definition) is 9. The second-order valence-electron chi connectivity index (χ2n) is 6.56. The van der Waals surface area contributed by atoms with Gasteiger partial charge in [-0.2, -0.15) is 0 Å². The number of rotatable bonds is 6. The first-order valence-corrected chi connectivity index (χ1v) is 8.92. The Morgan fingerprint density at radius 1 is 1.00 bits per heavy atom. The van der Waals surface area contributed by atoms with Crippen LogP contribution in [-0.4, -0.2) is 68.8 Å². The number of aromatic hydroxyl groups is 1. The Balaban J connectivity index is 1.67. The van der Waals surface area contributed by atoms with Gasteiger partial charge in [-0.15, -0.1) is 0 Å². The van der Waals surface area contributed by atoms with Gasteiger partial charge in [-0.1, -0.05) is 24.3 Å². The van der Waals surface area contributed by atoms with Crippen molar-refractivity contribution in [2.45, 2.75) is 37.3 Å². The number of aliphatic hydroxyl groups is 4. The van der Waals surface area contributed by atoms with Gasteiger partial charge in [0.2, 0.25) is 6.29 Å². The summed E-state index contributed by atoms with van der Waals surface area (Å²) in [6, 6.07) is 12.3. The summed E-state index contributed by atoms with van der Waals surface area (Å²) in [5.74, 6) is -1.01. The van der Waals surface area contributed by atoms with Gasteiger partial charge >= 0.3 is 5.97 Å². The van der Waals surface area contributed by atoms with Crippen LogP contribution in [0, 0.1) is 0 Å². The van der Waals surface area contributed by atoms with E-state index >= 15 is 0 Å². The van der Waals surface area contributed by atoms with Crippen molar-refractivity contribution in [3.05, 3.63) is 59.7 Å². The van der Waals surface area contributed by atoms with E-state index in [2.05, 4.69) is 0 Å². The zero-order chi connectivity index (χ0) is 21.0. The first-order valence-electron chi connectivity index (χ1n) is 8.92. The molecule has 9 nitrogen and oxygen atoms in total. The number of aliphatic hydroxyl groups excluding tert-OH is 4. The fourth-order valence-electron chi connectivity index (χ4n) is 2.85. The Morgan fingerprint density at radius 2 is 1.72 bits per heavy atom. The molecule has 0 aromatic heterocycles. The Kier molecular flexibility index (Phi) is 6.68. The van der Waals surface area contributed by atoms with Crippen LogP contribution < -0.4 is 4.74 Å². The summed E-state index contributed by atoms with van der Waals surface area (Å²) in [5.41, 5.74) is 0.751. The maximum absolute atomic E-state index is 12.1. The molecule has 0 amide bonds. The minimum Gasteiger partial charge on any atom is -0.504 e. The van der Waals surface area contributed by atoms with Gasteiger partial charge in [0, 0.05) is 0 Å². The molecule has 3 rings (SSSR count). The largest absolute Gasteiger partial charge is 0.504 e. The summed E-state index contributed by atoms with van der Waals surface area (Å²) in [4.78, 5) is 12.1. The van der Waals surface area contributed by atoms with Crippen LogP contribution in [0.3, 0.4) is 0 Å². The molecule has 1 aliphatic heterocycles. The normalized spacial score (nSPS) is 26.7. The lowest BCUT2D eigenvalue weighted by molar-refractivity contribution is -0.277. The molecule has 0 spiro atoms. The van der Waals surface area contributed by atoms with Crippen LogP contribution >= 0.6 is 0 Å². The van der Waals surface area contributed by atoms with Crippen molar-refractivity contribution in [3.8, 4) is 11.5 Å². The molecular formula is C20H22O9. The SMILES string of the molecule is O=C(OC[C@H]1O[C@@H](Oc2ccc(CO)cc2O)[C@H](O)[C@H](O)[C@@H]1O)c1ccccc1. The number of carbonyl (C=O) groups is 1. The molecule has 1 saturated heterocycles. The number of phenols is 1. The second kappa shape index (κ2) is 9.21. The average molecular weight is 406 g/mol. The molecule has 5 atom stereocenters. The van der Waals surface area contributed by atoms with Gasteiger partial charge in [-0.25, -0.2) is 4.79 Å². The van der Waals surface area contributed by atoms with Crippen LogP contribution in [0.5, 0.6) is 11.5 Å². The Morgan fingerprint density at radius 3 is 2.38 bits per heavy atom. The minimum atomic E-state index is -1.63. The average Bonchev–Trinajstić information content (AvgIpc) is 2.74. The fraction of sp³-hybridized carbons (Fsp3) is 0.350. The van der Waals surface area contributed by atoms with E-state index in [4.69, 9.17) is 19.3 Å². The highest BCUT2D eigenvalue weighted by Gasteiger charge is 2.45. The predicted molar refractivity (Wildman–Crippen MR) is 98.1 cm³/mol. The quantitative estimate of drug-likeness (QED) is 0.416. The van der Waals surface area contributed by atoms with E-state index in [0.29, 0.717) is 11.1 Å². The number of phenolic OH excluding ortho intramolecular Hbond substituents is 1. The topological polar surface area (TPSA) is 146 Å². The summed E-state index contributed by atoms with van der Waals surface area (Å²) >= 11 is 0. The lowest BCUT2D eigenvalue weighted by atomic mass is 9.99. The number of esters is 1. The lowest BCUT2D eigenvalue weighted by Crippen LogP contribution is -2.60. The van der Waals surface area contributed by atoms with E-state index in [-0.39, 0.29) is 18.1 Å². The summed E-state index contributed by atoms with van der Waals surface area (Å²) in [5, 5.41) is 49.4. The standard InChI is InChI=1S/C20H22O9/c21-9-11-6-7-14(13(22)8-11)28-20-18(25)17(24)16(23)15(29-20)10-27-19(26)12-4-2-1-3-5-12/h1-8,15-18,20-25H,9-10H2/t15-,16-,17-,18-,20-/m1/s1. The summed E-state index contributed by atoms with van der Waals surface area (Å²) in [6.45, 7) is -0.676. The van der Waals surface area contributed by atoms with Crippen molar-refractivity contribution < 1.29 is 44.5 Å². The zero-order valence-corrected chi connectivity index (χ0v) is 15.3. The highest BCUT2D eigenvalue weighted by atomic mass is 16.7. The van der Waals surface area contributed by atoms with Crippen LogP contribution in [0.25, 0.3) is 0 Å². The lowest BCUT2D eigenvalue weighted by Gasteiger charge is -2.39. The van der Waals surface area contributed by atoms with Crippen molar-refractivity contribution in [1.29, 1.82) is 0 Å². The third-order valence-corrected chi connectivity index (χ3v) is 4.51. The number of hydrogen-bond donors (Lipinski definition) is 5. The van der Waals surface area contributed by atoms with Crippen molar-refractivity contribution in [2.24, 2.45) is 0 Å². The molecule has 2 aromatic carbocycles. The highest BCUT2D eigenvalue weighted by Crippen LogP contribution is 2.31. The van der Waals surface area contributed by atoms with E-state index in [1.807, 2.05) is 0 Å². The number of carbonyl (C=O) groups excluding carboxylic acids is 1. The maximum Gasteiger partial charge on any atom is 0.338 e. The molecular weight excluding hydrogens is 384 g/mol. The third-order valence-electron chi connectivity index (χ3n) is 4.51. The number of benzene rings is 2. The minimum absolute atomic E-state index is 0.0603. The highest BCUT2D eigenvalue weighted by molar-refractivity contribution is 5.89. The van der Waals surface area contributed by atoms with Crippen LogP contribution in [0.15, 0.2) is 48.5 Å². The maximum atomic E-state index is 12.1. The van der Waals surface area contributed by atoms with E-state index in [1.54, 1.807) is 30.3 Å². The molecule has 1 aliphatic rings. The molecule has 0 unspecified atom stereocenters. The van der Waals surface area contributed by atoms with Crippen LogP contribution in [0.1, 0.15) is 15.9 Å². The van der Waals surface area contributed by atoms with Crippen molar-refractivity contribution >= 4 is 5.97 Å².